The van der Waals surface area contributed by atoms with E-state index in [1.54, 1.807) is 6.07 Å². The van der Waals surface area contributed by atoms with Gasteiger partial charge in [-0.3, -0.25) is 0 Å². The van der Waals surface area contributed by atoms with E-state index in [9.17, 15) is 18.3 Å². The maximum absolute atomic E-state index is 12.8. The standard InChI is InChI=1S/C17H13ClF3N3OS/c1-8(12-6-11(18)4-9(7-22)15(12)25)23-16-24-13-3-2-10(17(19,20)21)5-14(13)26-16/h2-6,25H,1,7,22H2,(H,23,24). The fraction of sp³-hybridized carbons (Fsp3) is 0.118. The largest absolute Gasteiger partial charge is 0.507 e. The minimum atomic E-state index is -4.42. The number of hydrogen-bond acceptors (Lipinski definition) is 5. The predicted octanol–water partition coefficient (Wildman–Crippen LogP) is 5.22. The van der Waals surface area contributed by atoms with E-state index in [1.807, 2.05) is 0 Å². The van der Waals surface area contributed by atoms with Gasteiger partial charge in [-0.2, -0.15) is 13.2 Å². The second-order valence-electron chi connectivity index (χ2n) is 5.47. The zero-order valence-electron chi connectivity index (χ0n) is 13.2. The Morgan fingerprint density at radius 3 is 2.69 bits per heavy atom. The zero-order chi connectivity index (χ0) is 19.1. The Labute approximate surface area is 155 Å². The van der Waals surface area contributed by atoms with Crippen LogP contribution in [0.25, 0.3) is 15.9 Å². The Morgan fingerprint density at radius 1 is 1.31 bits per heavy atom. The van der Waals surface area contributed by atoms with Crippen LogP contribution in [0.4, 0.5) is 18.3 Å². The number of halogens is 4. The fourth-order valence-electron chi connectivity index (χ4n) is 2.39. The van der Waals surface area contributed by atoms with Crippen molar-refractivity contribution in [2.75, 3.05) is 5.32 Å². The second kappa shape index (κ2) is 6.79. The summed E-state index contributed by atoms with van der Waals surface area (Å²) in [7, 11) is 0. The van der Waals surface area contributed by atoms with Gasteiger partial charge in [-0.25, -0.2) is 4.98 Å². The number of alkyl halides is 3. The average Bonchev–Trinajstić information content (AvgIpc) is 2.96. The molecular formula is C17H13ClF3N3OS. The number of nitrogens with two attached hydrogens (primary N) is 1. The first-order chi connectivity index (χ1) is 12.2. The third-order valence-electron chi connectivity index (χ3n) is 3.67. The van der Waals surface area contributed by atoms with Crippen molar-refractivity contribution >= 4 is 44.0 Å². The topological polar surface area (TPSA) is 71.2 Å². The Morgan fingerprint density at radius 2 is 2.04 bits per heavy atom. The third-order valence-corrected chi connectivity index (χ3v) is 4.82. The normalized spacial score (nSPS) is 11.7. The molecule has 26 heavy (non-hydrogen) atoms. The van der Waals surface area contributed by atoms with E-state index in [0.717, 1.165) is 23.5 Å². The summed E-state index contributed by atoms with van der Waals surface area (Å²) in [6.07, 6.45) is -4.42. The quantitative estimate of drug-likeness (QED) is 0.562. The van der Waals surface area contributed by atoms with Gasteiger partial charge < -0.3 is 16.2 Å². The van der Waals surface area contributed by atoms with Gasteiger partial charge in [0.05, 0.1) is 15.8 Å². The molecule has 4 N–H and O–H groups in total. The number of hydrogen-bond donors (Lipinski definition) is 3. The number of rotatable bonds is 4. The molecule has 1 heterocycles. The number of anilines is 1. The van der Waals surface area contributed by atoms with Gasteiger partial charge in [-0.15, -0.1) is 0 Å². The third kappa shape index (κ3) is 3.62. The highest BCUT2D eigenvalue weighted by atomic mass is 35.5. The Balaban J connectivity index is 1.92. The molecule has 3 aromatic rings. The molecule has 0 atom stereocenters. The highest BCUT2D eigenvalue weighted by molar-refractivity contribution is 7.22. The highest BCUT2D eigenvalue weighted by Crippen LogP contribution is 2.36. The smallest absolute Gasteiger partial charge is 0.416 e. The van der Waals surface area contributed by atoms with E-state index in [0.29, 0.717) is 37.2 Å². The molecule has 0 aliphatic carbocycles. The minimum absolute atomic E-state index is 0.0603. The molecule has 0 aliphatic heterocycles. The zero-order valence-corrected chi connectivity index (χ0v) is 14.8. The van der Waals surface area contributed by atoms with Crippen LogP contribution >= 0.6 is 22.9 Å². The van der Waals surface area contributed by atoms with Crippen molar-refractivity contribution in [2.45, 2.75) is 12.7 Å². The van der Waals surface area contributed by atoms with Crippen molar-refractivity contribution in [1.29, 1.82) is 0 Å². The number of phenolic OH excluding ortho intramolecular Hbond substituents is 1. The first-order valence-electron chi connectivity index (χ1n) is 7.34. The van der Waals surface area contributed by atoms with Gasteiger partial charge >= 0.3 is 6.18 Å². The molecule has 136 valence electrons. The molecule has 1 aromatic heterocycles. The van der Waals surface area contributed by atoms with Crippen molar-refractivity contribution in [1.82, 2.24) is 4.98 Å². The molecule has 2 aromatic carbocycles. The van der Waals surface area contributed by atoms with Crippen molar-refractivity contribution in [2.24, 2.45) is 5.73 Å². The summed E-state index contributed by atoms with van der Waals surface area (Å²) in [5.74, 6) is -0.0603. The van der Waals surface area contributed by atoms with Gasteiger partial charge in [0, 0.05) is 28.4 Å². The minimum Gasteiger partial charge on any atom is -0.507 e. The average molecular weight is 400 g/mol. The van der Waals surface area contributed by atoms with Gasteiger partial charge in [-0.1, -0.05) is 29.5 Å². The first kappa shape index (κ1) is 18.5. The number of aromatic nitrogens is 1. The van der Waals surface area contributed by atoms with E-state index >= 15 is 0 Å². The van der Waals surface area contributed by atoms with Crippen molar-refractivity contribution in [3.63, 3.8) is 0 Å². The molecule has 0 radical (unpaired) electrons. The summed E-state index contributed by atoms with van der Waals surface area (Å²) >= 11 is 7.07. The fourth-order valence-corrected chi connectivity index (χ4v) is 3.56. The van der Waals surface area contributed by atoms with Crippen molar-refractivity contribution in [3.05, 3.63) is 58.6 Å². The van der Waals surface area contributed by atoms with E-state index in [-0.39, 0.29) is 12.3 Å². The molecular weight excluding hydrogens is 387 g/mol. The number of benzene rings is 2. The van der Waals surface area contributed by atoms with E-state index < -0.39 is 11.7 Å². The first-order valence-corrected chi connectivity index (χ1v) is 8.54. The number of nitrogens with zero attached hydrogens (tertiary/aromatic N) is 1. The van der Waals surface area contributed by atoms with Gasteiger partial charge in [0.25, 0.3) is 0 Å². The number of fused-ring (bicyclic) bond motifs is 1. The SMILES string of the molecule is C=C(Nc1nc2ccc(C(F)(F)F)cc2s1)c1cc(Cl)cc(CN)c1O. The van der Waals surface area contributed by atoms with Crippen LogP contribution in [0.1, 0.15) is 16.7 Å². The lowest BCUT2D eigenvalue weighted by molar-refractivity contribution is -0.137. The van der Waals surface area contributed by atoms with Crippen LogP contribution in [-0.4, -0.2) is 10.1 Å². The van der Waals surface area contributed by atoms with Crippen LogP contribution < -0.4 is 11.1 Å². The van der Waals surface area contributed by atoms with E-state index in [2.05, 4.69) is 16.9 Å². The molecule has 9 heteroatoms. The summed E-state index contributed by atoms with van der Waals surface area (Å²) in [6.45, 7) is 3.93. The molecule has 0 unspecified atom stereocenters. The van der Waals surface area contributed by atoms with Crippen LogP contribution in [-0.2, 0) is 12.7 Å². The Kier molecular flexibility index (Phi) is 4.83. The van der Waals surface area contributed by atoms with Crippen molar-refractivity contribution < 1.29 is 18.3 Å². The molecule has 4 nitrogen and oxygen atoms in total. The summed E-state index contributed by atoms with van der Waals surface area (Å²) in [5, 5.41) is 13.9. The van der Waals surface area contributed by atoms with E-state index in [4.69, 9.17) is 17.3 Å². The number of thiazole rings is 1. The lowest BCUT2D eigenvalue weighted by atomic mass is 10.1. The van der Waals surface area contributed by atoms with Crippen LogP contribution in [0.5, 0.6) is 5.75 Å². The van der Waals surface area contributed by atoms with Crippen molar-refractivity contribution in [3.8, 4) is 5.75 Å². The number of aromatic hydroxyl groups is 1. The molecule has 0 amide bonds. The summed E-state index contributed by atoms with van der Waals surface area (Å²) in [6, 6.07) is 6.40. The lowest BCUT2D eigenvalue weighted by Crippen LogP contribution is -2.03. The lowest BCUT2D eigenvalue weighted by Gasteiger charge is -2.12. The summed E-state index contributed by atoms with van der Waals surface area (Å²) < 4.78 is 38.8. The second-order valence-corrected chi connectivity index (χ2v) is 6.94. The predicted molar refractivity (Wildman–Crippen MR) is 98.3 cm³/mol. The van der Waals surface area contributed by atoms with E-state index in [1.165, 1.54) is 12.1 Å². The van der Waals surface area contributed by atoms with Gasteiger partial charge in [-0.05, 0) is 30.3 Å². The van der Waals surface area contributed by atoms with Gasteiger partial charge in [0.2, 0.25) is 0 Å². The maximum Gasteiger partial charge on any atom is 0.416 e. The highest BCUT2D eigenvalue weighted by Gasteiger charge is 2.30. The van der Waals surface area contributed by atoms with Crippen LogP contribution in [0.15, 0.2) is 36.9 Å². The Bertz CT molecular complexity index is 1000. The Hall–Kier alpha value is -2.29. The monoisotopic (exact) mass is 399 g/mol. The molecule has 3 rings (SSSR count). The van der Waals surface area contributed by atoms with Gasteiger partial charge in [0.1, 0.15) is 5.75 Å². The van der Waals surface area contributed by atoms with Crippen LogP contribution in [0, 0.1) is 0 Å². The summed E-state index contributed by atoms with van der Waals surface area (Å²) in [4.78, 5) is 4.24. The molecule has 0 saturated heterocycles. The molecule has 0 fully saturated rings. The number of phenols is 1. The molecule has 0 aliphatic rings. The summed E-state index contributed by atoms with van der Waals surface area (Å²) in [5.41, 5.74) is 6.36. The maximum atomic E-state index is 12.8. The van der Waals surface area contributed by atoms with Crippen LogP contribution in [0.2, 0.25) is 5.02 Å². The molecule has 0 spiro atoms. The molecule has 0 bridgehead atoms. The number of nitrogens with one attached hydrogen (secondary N) is 1. The van der Waals surface area contributed by atoms with Gasteiger partial charge in [0.15, 0.2) is 5.13 Å². The molecule has 0 saturated carbocycles. The van der Waals surface area contributed by atoms with Crippen LogP contribution in [0.3, 0.4) is 0 Å².